The van der Waals surface area contributed by atoms with Crippen LogP contribution in [0.15, 0.2) is 0 Å². The van der Waals surface area contributed by atoms with Crippen LogP contribution < -0.4 is 5.73 Å². The summed E-state index contributed by atoms with van der Waals surface area (Å²) in [6, 6.07) is 0. The van der Waals surface area contributed by atoms with Crippen molar-refractivity contribution in [3.63, 3.8) is 0 Å². The first-order valence-electron chi connectivity index (χ1n) is 6.81. The largest absolute Gasteiger partial charge is 0.381 e. The average Bonchev–Trinajstić information content (AvgIpc) is 2.41. The van der Waals surface area contributed by atoms with Gasteiger partial charge in [-0.15, -0.1) is 0 Å². The first-order chi connectivity index (χ1) is 8.28. The van der Waals surface area contributed by atoms with Crippen molar-refractivity contribution in [3.8, 4) is 0 Å². The van der Waals surface area contributed by atoms with E-state index in [0.29, 0.717) is 6.10 Å². The molecule has 100 valence electrons. The number of hydrogen-bond acceptors (Lipinski definition) is 4. The standard InChI is InChI=1S/C13H26N2O2/c1-16-12-3-6-15(7-4-12)10-13(9-14)5-2-8-17-11-13/h12H,2-11,14H2,1H3. The third kappa shape index (κ3) is 3.41. The summed E-state index contributed by atoms with van der Waals surface area (Å²) >= 11 is 0. The summed E-state index contributed by atoms with van der Waals surface area (Å²) in [5, 5.41) is 0. The van der Waals surface area contributed by atoms with Crippen molar-refractivity contribution in [1.82, 2.24) is 4.90 Å². The van der Waals surface area contributed by atoms with E-state index in [4.69, 9.17) is 15.2 Å². The molecule has 4 nitrogen and oxygen atoms in total. The molecule has 0 amide bonds. The molecule has 0 aromatic rings. The van der Waals surface area contributed by atoms with Gasteiger partial charge in [-0.2, -0.15) is 0 Å². The number of rotatable bonds is 4. The molecule has 2 rings (SSSR count). The van der Waals surface area contributed by atoms with Crippen molar-refractivity contribution in [2.24, 2.45) is 11.1 Å². The van der Waals surface area contributed by atoms with Gasteiger partial charge in [0, 0.05) is 45.3 Å². The number of nitrogens with two attached hydrogens (primary N) is 1. The highest BCUT2D eigenvalue weighted by Gasteiger charge is 2.34. The maximum Gasteiger partial charge on any atom is 0.0595 e. The number of likely N-dealkylation sites (tertiary alicyclic amines) is 1. The summed E-state index contributed by atoms with van der Waals surface area (Å²) < 4.78 is 11.0. The molecule has 4 heteroatoms. The van der Waals surface area contributed by atoms with E-state index in [9.17, 15) is 0 Å². The Bertz CT molecular complexity index is 221. The van der Waals surface area contributed by atoms with Gasteiger partial charge in [0.15, 0.2) is 0 Å². The zero-order chi connectivity index (χ0) is 12.1. The molecule has 2 fully saturated rings. The number of ether oxygens (including phenoxy) is 2. The molecule has 1 unspecified atom stereocenters. The van der Waals surface area contributed by atoms with Crippen LogP contribution >= 0.6 is 0 Å². The van der Waals surface area contributed by atoms with Gasteiger partial charge < -0.3 is 20.1 Å². The van der Waals surface area contributed by atoms with Gasteiger partial charge in [0.2, 0.25) is 0 Å². The van der Waals surface area contributed by atoms with Crippen molar-refractivity contribution in [3.05, 3.63) is 0 Å². The minimum absolute atomic E-state index is 0.207. The Morgan fingerprint density at radius 2 is 2.18 bits per heavy atom. The number of nitrogens with zero attached hydrogens (tertiary/aromatic N) is 1. The Hall–Kier alpha value is -0.160. The van der Waals surface area contributed by atoms with Gasteiger partial charge in [0.25, 0.3) is 0 Å². The van der Waals surface area contributed by atoms with Crippen LogP contribution in [0, 0.1) is 5.41 Å². The number of methoxy groups -OCH3 is 1. The van der Waals surface area contributed by atoms with Crippen LogP contribution in [0.2, 0.25) is 0 Å². The van der Waals surface area contributed by atoms with Gasteiger partial charge in [0.1, 0.15) is 0 Å². The summed E-state index contributed by atoms with van der Waals surface area (Å²) in [5.74, 6) is 0. The van der Waals surface area contributed by atoms with Crippen LogP contribution in [0.3, 0.4) is 0 Å². The van der Waals surface area contributed by atoms with E-state index < -0.39 is 0 Å². The Labute approximate surface area is 104 Å². The lowest BCUT2D eigenvalue weighted by Gasteiger charge is -2.42. The lowest BCUT2D eigenvalue weighted by Crippen LogP contribution is -2.50. The second kappa shape index (κ2) is 6.14. The number of piperidine rings is 1. The molecule has 0 spiro atoms. The molecule has 2 heterocycles. The van der Waals surface area contributed by atoms with Crippen molar-refractivity contribution in [2.75, 3.05) is 46.5 Å². The second-order valence-corrected chi connectivity index (χ2v) is 5.57. The first kappa shape index (κ1) is 13.3. The fourth-order valence-electron chi connectivity index (χ4n) is 3.04. The summed E-state index contributed by atoms with van der Waals surface area (Å²) in [6.07, 6.45) is 5.14. The zero-order valence-corrected chi connectivity index (χ0v) is 11.0. The van der Waals surface area contributed by atoms with Crippen LogP contribution in [0.5, 0.6) is 0 Å². The van der Waals surface area contributed by atoms with E-state index >= 15 is 0 Å². The molecule has 0 aromatic heterocycles. The average molecular weight is 242 g/mol. The van der Waals surface area contributed by atoms with Crippen molar-refractivity contribution >= 4 is 0 Å². The van der Waals surface area contributed by atoms with Gasteiger partial charge in [-0.3, -0.25) is 0 Å². The predicted octanol–water partition coefficient (Wildman–Crippen LogP) is 0.853. The van der Waals surface area contributed by atoms with Crippen LogP contribution in [0.25, 0.3) is 0 Å². The molecule has 2 aliphatic rings. The highest BCUT2D eigenvalue weighted by molar-refractivity contribution is 4.87. The van der Waals surface area contributed by atoms with Gasteiger partial charge in [-0.1, -0.05) is 0 Å². The molecule has 2 N–H and O–H groups in total. The maximum atomic E-state index is 5.98. The van der Waals surface area contributed by atoms with Crippen molar-refractivity contribution < 1.29 is 9.47 Å². The molecule has 1 atom stereocenters. The van der Waals surface area contributed by atoms with E-state index in [1.165, 1.54) is 6.42 Å². The Morgan fingerprint density at radius 1 is 1.41 bits per heavy atom. The number of hydrogen-bond donors (Lipinski definition) is 1. The fraction of sp³-hybridized carbons (Fsp3) is 1.00. The maximum absolute atomic E-state index is 5.98. The van der Waals surface area contributed by atoms with Crippen LogP contribution in [0.4, 0.5) is 0 Å². The lowest BCUT2D eigenvalue weighted by atomic mass is 9.81. The molecule has 0 aromatic carbocycles. The molecule has 2 aliphatic heterocycles. The predicted molar refractivity (Wildman–Crippen MR) is 68.0 cm³/mol. The van der Waals surface area contributed by atoms with Crippen LogP contribution in [0.1, 0.15) is 25.7 Å². The topological polar surface area (TPSA) is 47.7 Å². The van der Waals surface area contributed by atoms with Crippen LogP contribution in [-0.2, 0) is 9.47 Å². The van der Waals surface area contributed by atoms with E-state index in [2.05, 4.69) is 4.90 Å². The third-order valence-electron chi connectivity index (χ3n) is 4.26. The smallest absolute Gasteiger partial charge is 0.0595 e. The van der Waals surface area contributed by atoms with Gasteiger partial charge in [-0.05, 0) is 25.7 Å². The molecule has 2 saturated heterocycles. The SMILES string of the molecule is COC1CCN(CC2(CN)CCCOC2)CC1. The normalized spacial score (nSPS) is 32.8. The molecule has 0 saturated carbocycles. The van der Waals surface area contributed by atoms with E-state index in [1.807, 2.05) is 7.11 Å². The van der Waals surface area contributed by atoms with E-state index in [0.717, 1.165) is 58.7 Å². The summed E-state index contributed by atoms with van der Waals surface area (Å²) in [5.41, 5.74) is 6.18. The minimum atomic E-state index is 0.207. The Kier molecular flexibility index (Phi) is 4.79. The fourth-order valence-corrected chi connectivity index (χ4v) is 3.04. The molecule has 0 aliphatic carbocycles. The van der Waals surface area contributed by atoms with Crippen LogP contribution in [-0.4, -0.2) is 57.5 Å². The van der Waals surface area contributed by atoms with E-state index in [-0.39, 0.29) is 5.41 Å². The first-order valence-corrected chi connectivity index (χ1v) is 6.81. The van der Waals surface area contributed by atoms with Crippen molar-refractivity contribution in [1.29, 1.82) is 0 Å². The molecule has 0 bridgehead atoms. The molecule has 0 radical (unpaired) electrons. The highest BCUT2D eigenvalue weighted by atomic mass is 16.5. The van der Waals surface area contributed by atoms with Crippen molar-refractivity contribution in [2.45, 2.75) is 31.8 Å². The Balaban J connectivity index is 1.82. The third-order valence-corrected chi connectivity index (χ3v) is 4.26. The highest BCUT2D eigenvalue weighted by Crippen LogP contribution is 2.29. The quantitative estimate of drug-likeness (QED) is 0.794. The van der Waals surface area contributed by atoms with Gasteiger partial charge in [-0.25, -0.2) is 0 Å². The molecular weight excluding hydrogens is 216 g/mol. The zero-order valence-electron chi connectivity index (χ0n) is 11.0. The monoisotopic (exact) mass is 242 g/mol. The summed E-state index contributed by atoms with van der Waals surface area (Å²) in [4.78, 5) is 2.54. The van der Waals surface area contributed by atoms with E-state index in [1.54, 1.807) is 0 Å². The lowest BCUT2D eigenvalue weighted by molar-refractivity contribution is -0.0346. The summed E-state index contributed by atoms with van der Waals surface area (Å²) in [6.45, 7) is 5.87. The second-order valence-electron chi connectivity index (χ2n) is 5.57. The van der Waals surface area contributed by atoms with Gasteiger partial charge in [0.05, 0.1) is 12.7 Å². The Morgan fingerprint density at radius 3 is 2.71 bits per heavy atom. The minimum Gasteiger partial charge on any atom is -0.381 e. The summed E-state index contributed by atoms with van der Waals surface area (Å²) in [7, 11) is 1.82. The molecule has 17 heavy (non-hydrogen) atoms. The van der Waals surface area contributed by atoms with Gasteiger partial charge >= 0.3 is 0 Å². The molecular formula is C13H26N2O2.